The molecule has 168 valence electrons. The van der Waals surface area contributed by atoms with Crippen molar-refractivity contribution in [3.05, 3.63) is 79.0 Å². The molecule has 2 aromatic carbocycles. The molecule has 2 aromatic heterocycles. The maximum absolute atomic E-state index is 12.5. The Hall–Kier alpha value is -3.77. The number of carbonyl (C=O) groups is 1. The van der Waals surface area contributed by atoms with Gasteiger partial charge in [-0.25, -0.2) is 13.4 Å². The molecule has 0 aliphatic rings. The van der Waals surface area contributed by atoms with Crippen LogP contribution < -0.4 is 10.0 Å². The van der Waals surface area contributed by atoms with Crippen molar-refractivity contribution in [1.82, 2.24) is 25.2 Å². The van der Waals surface area contributed by atoms with Crippen LogP contribution in [0.5, 0.6) is 0 Å². The van der Waals surface area contributed by atoms with Gasteiger partial charge >= 0.3 is 0 Å². The number of thioether (sulfide) groups is 1. The summed E-state index contributed by atoms with van der Waals surface area (Å²) in [6.45, 7) is 0. The molecule has 0 radical (unpaired) electrons. The predicted molar refractivity (Wildman–Crippen MR) is 125 cm³/mol. The average molecular weight is 482 g/mol. The number of nitrogens with one attached hydrogen (secondary N) is 2. The summed E-state index contributed by atoms with van der Waals surface area (Å²) in [5.74, 6) is 0.494. The van der Waals surface area contributed by atoms with Crippen LogP contribution in [0.1, 0.15) is 6.42 Å². The molecule has 0 aliphatic carbocycles. The highest BCUT2D eigenvalue weighted by molar-refractivity contribution is 7.99. The van der Waals surface area contributed by atoms with Crippen LogP contribution in [0.2, 0.25) is 0 Å². The molecule has 2 N–H and O–H groups in total. The van der Waals surface area contributed by atoms with Crippen LogP contribution in [-0.4, -0.2) is 45.3 Å². The van der Waals surface area contributed by atoms with Crippen LogP contribution in [-0.2, 0) is 14.8 Å². The van der Waals surface area contributed by atoms with E-state index in [1.54, 1.807) is 22.9 Å². The number of para-hydroxylation sites is 1. The number of aromatic nitrogens is 5. The van der Waals surface area contributed by atoms with E-state index in [9.17, 15) is 13.2 Å². The number of hydrogen-bond donors (Lipinski definition) is 2. The minimum atomic E-state index is -3.77. The number of rotatable bonds is 9. The van der Waals surface area contributed by atoms with E-state index in [0.29, 0.717) is 16.6 Å². The zero-order valence-corrected chi connectivity index (χ0v) is 18.8. The molecular weight excluding hydrogens is 462 g/mol. The molecule has 4 rings (SSSR count). The lowest BCUT2D eigenvalue weighted by molar-refractivity contribution is -0.115. The van der Waals surface area contributed by atoms with E-state index < -0.39 is 10.0 Å². The zero-order valence-electron chi connectivity index (χ0n) is 17.2. The zero-order chi connectivity index (χ0) is 23.1. The molecule has 0 spiro atoms. The Morgan fingerprint density at radius 1 is 0.970 bits per heavy atom. The number of anilines is 2. The first kappa shape index (κ1) is 22.4. The fourth-order valence-electron chi connectivity index (χ4n) is 2.80. The highest BCUT2D eigenvalue weighted by Gasteiger charge is 2.15. The van der Waals surface area contributed by atoms with Crippen molar-refractivity contribution in [1.29, 1.82) is 0 Å². The Labute approximate surface area is 194 Å². The van der Waals surface area contributed by atoms with Crippen molar-refractivity contribution in [3.63, 3.8) is 0 Å². The van der Waals surface area contributed by atoms with Gasteiger partial charge in [-0.1, -0.05) is 36.0 Å². The Bertz CT molecular complexity index is 1310. The first-order valence-electron chi connectivity index (χ1n) is 9.82. The second-order valence-electron chi connectivity index (χ2n) is 6.70. The van der Waals surface area contributed by atoms with Gasteiger partial charge in [0.25, 0.3) is 10.0 Å². The summed E-state index contributed by atoms with van der Waals surface area (Å²) in [4.78, 5) is 16.3. The van der Waals surface area contributed by atoms with Crippen molar-refractivity contribution < 1.29 is 13.2 Å². The van der Waals surface area contributed by atoms with Gasteiger partial charge in [-0.15, -0.1) is 5.10 Å². The summed E-state index contributed by atoms with van der Waals surface area (Å²) in [6, 6.07) is 20.3. The van der Waals surface area contributed by atoms with Gasteiger partial charge in [0.05, 0.1) is 10.6 Å². The van der Waals surface area contributed by atoms with E-state index in [1.165, 1.54) is 42.2 Å². The summed E-state index contributed by atoms with van der Waals surface area (Å²) in [5, 5.41) is 15.0. The lowest BCUT2D eigenvalue weighted by Crippen LogP contribution is -2.15. The van der Waals surface area contributed by atoms with Gasteiger partial charge in [0, 0.05) is 24.1 Å². The molecule has 12 heteroatoms. The SMILES string of the molecule is O=C(CCSc1nnnn1-c1ccccc1)Nc1ccc(S(=O)(=O)Nc2ccccn2)cc1. The Morgan fingerprint density at radius 3 is 2.45 bits per heavy atom. The molecule has 0 bridgehead atoms. The smallest absolute Gasteiger partial charge is 0.263 e. The van der Waals surface area contributed by atoms with Gasteiger partial charge in [-0.05, 0) is 59.0 Å². The summed E-state index contributed by atoms with van der Waals surface area (Å²) >= 11 is 1.37. The molecule has 0 unspecified atom stereocenters. The number of hydrogen-bond acceptors (Lipinski definition) is 8. The van der Waals surface area contributed by atoms with Crippen LogP contribution in [0, 0.1) is 0 Å². The Morgan fingerprint density at radius 2 is 1.73 bits per heavy atom. The van der Waals surface area contributed by atoms with E-state index in [4.69, 9.17) is 0 Å². The lowest BCUT2D eigenvalue weighted by atomic mass is 10.3. The molecule has 0 fully saturated rings. The van der Waals surface area contributed by atoms with Crippen molar-refractivity contribution in [2.75, 3.05) is 15.8 Å². The molecule has 1 amide bonds. The van der Waals surface area contributed by atoms with Crippen molar-refractivity contribution in [2.45, 2.75) is 16.5 Å². The van der Waals surface area contributed by atoms with Crippen LogP contribution in [0.4, 0.5) is 11.5 Å². The number of tetrazole rings is 1. The normalized spacial score (nSPS) is 11.2. The van der Waals surface area contributed by atoms with E-state index in [0.717, 1.165) is 5.69 Å². The minimum absolute atomic E-state index is 0.0643. The van der Waals surface area contributed by atoms with Crippen molar-refractivity contribution in [3.8, 4) is 5.69 Å². The van der Waals surface area contributed by atoms with Gasteiger partial charge in [0.15, 0.2) is 0 Å². The summed E-state index contributed by atoms with van der Waals surface area (Å²) in [6.07, 6.45) is 1.73. The third-order valence-electron chi connectivity index (χ3n) is 4.35. The van der Waals surface area contributed by atoms with Crippen molar-refractivity contribution >= 4 is 39.2 Å². The highest BCUT2D eigenvalue weighted by Crippen LogP contribution is 2.20. The average Bonchev–Trinajstić information content (AvgIpc) is 3.29. The van der Waals surface area contributed by atoms with Crippen LogP contribution in [0.3, 0.4) is 0 Å². The number of sulfonamides is 1. The molecular formula is C21H19N7O3S2. The third kappa shape index (κ3) is 5.93. The fraction of sp³-hybridized carbons (Fsp3) is 0.0952. The maximum atomic E-state index is 12.5. The van der Waals surface area contributed by atoms with Crippen molar-refractivity contribution in [2.24, 2.45) is 0 Å². The predicted octanol–water partition coefficient (Wildman–Crippen LogP) is 2.98. The van der Waals surface area contributed by atoms with Gasteiger partial charge in [-0.2, -0.15) is 4.68 Å². The molecule has 0 aliphatic heterocycles. The first-order valence-corrected chi connectivity index (χ1v) is 12.3. The van der Waals surface area contributed by atoms with Gasteiger partial charge < -0.3 is 5.32 Å². The summed E-state index contributed by atoms with van der Waals surface area (Å²) in [5.41, 5.74) is 1.33. The number of pyridine rings is 1. The van der Waals surface area contributed by atoms with E-state index in [1.807, 2.05) is 30.3 Å². The molecule has 2 heterocycles. The molecule has 0 saturated heterocycles. The molecule has 4 aromatic rings. The second kappa shape index (κ2) is 10.2. The highest BCUT2D eigenvalue weighted by atomic mass is 32.2. The minimum Gasteiger partial charge on any atom is -0.326 e. The van der Waals surface area contributed by atoms with E-state index in [2.05, 4.69) is 30.5 Å². The number of nitrogens with zero attached hydrogens (tertiary/aromatic N) is 5. The number of amides is 1. The monoisotopic (exact) mass is 481 g/mol. The van der Waals surface area contributed by atoms with Gasteiger partial charge in [0.2, 0.25) is 11.1 Å². The summed E-state index contributed by atoms with van der Waals surface area (Å²) < 4.78 is 28.9. The first-order chi connectivity index (χ1) is 16.0. The van der Waals surface area contributed by atoms with Crippen LogP contribution in [0.25, 0.3) is 5.69 Å². The quantitative estimate of drug-likeness (QED) is 0.349. The fourth-order valence-corrected chi connectivity index (χ4v) is 4.63. The maximum Gasteiger partial charge on any atom is 0.263 e. The standard InChI is InChI=1S/C21H19N7O3S2/c29-20(13-15-32-21-24-26-27-28(21)17-6-2-1-3-7-17)23-16-9-11-18(12-10-16)33(30,31)25-19-8-4-5-14-22-19/h1-12,14H,13,15H2,(H,22,25)(H,23,29). The number of benzene rings is 2. The van der Waals surface area contributed by atoms with Crippen LogP contribution >= 0.6 is 11.8 Å². The topological polar surface area (TPSA) is 132 Å². The van der Waals surface area contributed by atoms with E-state index in [-0.39, 0.29) is 23.0 Å². The molecule has 0 atom stereocenters. The summed E-state index contributed by atoms with van der Waals surface area (Å²) in [7, 11) is -3.77. The Balaban J connectivity index is 1.30. The van der Waals surface area contributed by atoms with Gasteiger partial charge in [-0.3, -0.25) is 9.52 Å². The number of carbonyl (C=O) groups excluding carboxylic acids is 1. The third-order valence-corrected chi connectivity index (χ3v) is 6.65. The second-order valence-corrected chi connectivity index (χ2v) is 9.44. The van der Waals surface area contributed by atoms with Gasteiger partial charge in [0.1, 0.15) is 5.82 Å². The van der Waals surface area contributed by atoms with E-state index >= 15 is 0 Å². The molecule has 10 nitrogen and oxygen atoms in total. The molecule has 0 saturated carbocycles. The Kier molecular flexibility index (Phi) is 6.95. The molecule has 33 heavy (non-hydrogen) atoms. The van der Waals surface area contributed by atoms with Crippen LogP contribution in [0.15, 0.2) is 89.0 Å². The lowest BCUT2D eigenvalue weighted by Gasteiger charge is -2.09. The largest absolute Gasteiger partial charge is 0.326 e.